The minimum absolute atomic E-state index is 0.133. The molecule has 0 N–H and O–H groups in total. The molecule has 1 aliphatic rings. The predicted octanol–water partition coefficient (Wildman–Crippen LogP) is 2.79. The molecule has 0 bridgehead atoms. The van der Waals surface area contributed by atoms with Gasteiger partial charge in [-0.15, -0.1) is 0 Å². The summed E-state index contributed by atoms with van der Waals surface area (Å²) in [6.07, 6.45) is 3.92. The van der Waals surface area contributed by atoms with Gasteiger partial charge in [0.05, 0.1) is 12.0 Å². The molecule has 20 heavy (non-hydrogen) atoms. The fourth-order valence-electron chi connectivity index (χ4n) is 2.35. The van der Waals surface area contributed by atoms with Crippen LogP contribution in [0.15, 0.2) is 22.8 Å². The summed E-state index contributed by atoms with van der Waals surface area (Å²) < 4.78 is 10.5. The van der Waals surface area contributed by atoms with Crippen molar-refractivity contribution in [2.75, 3.05) is 32.1 Å². The van der Waals surface area contributed by atoms with Crippen molar-refractivity contribution in [2.24, 2.45) is 5.92 Å². The molecule has 2 rings (SSSR count). The topological polar surface area (TPSA) is 42.7 Å². The second-order valence-electron chi connectivity index (χ2n) is 5.06. The smallest absolute Gasteiger partial charge is 0.248 e. The minimum atomic E-state index is 0.133. The van der Waals surface area contributed by atoms with Crippen LogP contribution in [0.1, 0.15) is 25.5 Å². The monoisotopic (exact) mass is 297 g/mol. The first-order valence-corrected chi connectivity index (χ1v) is 8.40. The Labute approximate surface area is 124 Å². The average Bonchev–Trinajstić information content (AvgIpc) is 2.99. The second-order valence-corrected chi connectivity index (χ2v) is 6.09. The van der Waals surface area contributed by atoms with Gasteiger partial charge in [-0.25, -0.2) is 0 Å². The van der Waals surface area contributed by atoms with E-state index in [1.165, 1.54) is 0 Å². The first-order chi connectivity index (χ1) is 9.79. The van der Waals surface area contributed by atoms with Gasteiger partial charge in [0.15, 0.2) is 0 Å². The minimum Gasteiger partial charge on any atom is -0.468 e. The molecule has 1 aliphatic heterocycles. The average molecular weight is 297 g/mol. The van der Waals surface area contributed by atoms with Crippen LogP contribution in [0.5, 0.6) is 0 Å². The lowest BCUT2D eigenvalue weighted by Gasteiger charge is -2.31. The fourth-order valence-corrected chi connectivity index (χ4v) is 3.50. The van der Waals surface area contributed by atoms with Crippen molar-refractivity contribution in [3.05, 3.63) is 24.2 Å². The van der Waals surface area contributed by atoms with Crippen LogP contribution in [0.2, 0.25) is 0 Å². The van der Waals surface area contributed by atoms with Gasteiger partial charge in [-0.1, -0.05) is 0 Å². The molecule has 4 nitrogen and oxygen atoms in total. The molecule has 2 heterocycles. The lowest BCUT2D eigenvalue weighted by molar-refractivity contribution is -0.137. The highest BCUT2D eigenvalue weighted by Gasteiger charge is 2.22. The maximum atomic E-state index is 11.8. The molecule has 0 atom stereocenters. The molecule has 112 valence electrons. The van der Waals surface area contributed by atoms with Gasteiger partial charge in [0.25, 0.3) is 0 Å². The van der Waals surface area contributed by atoms with E-state index >= 15 is 0 Å². The van der Waals surface area contributed by atoms with Gasteiger partial charge in [0, 0.05) is 19.7 Å². The third-order valence-electron chi connectivity index (χ3n) is 3.57. The summed E-state index contributed by atoms with van der Waals surface area (Å²) in [7, 11) is 0. The quantitative estimate of drug-likeness (QED) is 0.776. The Morgan fingerprint density at radius 2 is 2.30 bits per heavy atom. The summed E-state index contributed by atoms with van der Waals surface area (Å²) in [6, 6.07) is 3.94. The summed E-state index contributed by atoms with van der Waals surface area (Å²) in [5.74, 6) is 3.98. The van der Waals surface area contributed by atoms with Crippen molar-refractivity contribution in [3.8, 4) is 0 Å². The zero-order valence-corrected chi connectivity index (χ0v) is 12.9. The van der Waals surface area contributed by atoms with Gasteiger partial charge in [-0.05, 0) is 43.6 Å². The van der Waals surface area contributed by atoms with Crippen molar-refractivity contribution in [2.45, 2.75) is 25.5 Å². The molecular formula is C15H23NO3S. The number of nitrogens with zero attached hydrogens (tertiary/aromatic N) is 1. The van der Waals surface area contributed by atoms with Gasteiger partial charge < -0.3 is 14.1 Å². The van der Waals surface area contributed by atoms with Crippen LogP contribution in [0, 0.1) is 5.92 Å². The zero-order chi connectivity index (χ0) is 14.2. The van der Waals surface area contributed by atoms with Crippen molar-refractivity contribution < 1.29 is 13.9 Å². The molecule has 1 fully saturated rings. The normalized spacial score (nSPS) is 16.6. The van der Waals surface area contributed by atoms with Gasteiger partial charge in [0.1, 0.15) is 12.4 Å². The van der Waals surface area contributed by atoms with E-state index in [0.717, 1.165) is 43.2 Å². The lowest BCUT2D eigenvalue weighted by atomic mass is 9.99. The van der Waals surface area contributed by atoms with E-state index in [1.807, 2.05) is 35.7 Å². The molecule has 1 saturated heterocycles. The number of hydrogen-bond acceptors (Lipinski definition) is 4. The Morgan fingerprint density at radius 1 is 1.50 bits per heavy atom. The Hall–Kier alpha value is -0.940. The number of hydrogen-bond donors (Lipinski definition) is 0. The molecule has 1 aromatic rings. The summed E-state index contributed by atoms with van der Waals surface area (Å²) in [5.41, 5.74) is 0. The highest BCUT2D eigenvalue weighted by molar-refractivity contribution is 7.98. The van der Waals surface area contributed by atoms with Crippen LogP contribution >= 0.6 is 11.8 Å². The number of amides is 1. The van der Waals surface area contributed by atoms with Gasteiger partial charge in [-0.2, -0.15) is 11.8 Å². The first-order valence-electron chi connectivity index (χ1n) is 7.25. The Kier molecular flexibility index (Phi) is 6.47. The van der Waals surface area contributed by atoms with Crippen molar-refractivity contribution in [3.63, 3.8) is 0 Å². The number of rotatable bonds is 7. The standard InChI is InChI=1S/C15H23NO3S/c1-2-18-10-15(17)16-7-5-13(6-8-16)11-20-12-14-4-3-9-19-14/h3-4,9,13H,2,5-8,10-12H2,1H3. The van der Waals surface area contributed by atoms with Crippen LogP contribution < -0.4 is 0 Å². The molecule has 1 aromatic heterocycles. The second kappa shape index (κ2) is 8.37. The fraction of sp³-hybridized carbons (Fsp3) is 0.667. The van der Waals surface area contributed by atoms with Crippen molar-refractivity contribution in [1.82, 2.24) is 4.90 Å². The highest BCUT2D eigenvalue weighted by atomic mass is 32.2. The Morgan fingerprint density at radius 3 is 2.95 bits per heavy atom. The number of likely N-dealkylation sites (tertiary alicyclic amines) is 1. The van der Waals surface area contributed by atoms with E-state index in [-0.39, 0.29) is 12.5 Å². The van der Waals surface area contributed by atoms with Crippen LogP contribution in [-0.4, -0.2) is 42.9 Å². The summed E-state index contributed by atoms with van der Waals surface area (Å²) in [4.78, 5) is 13.8. The maximum absolute atomic E-state index is 11.8. The maximum Gasteiger partial charge on any atom is 0.248 e. The number of piperidine rings is 1. The van der Waals surface area contributed by atoms with Crippen LogP contribution in [-0.2, 0) is 15.3 Å². The number of thioether (sulfide) groups is 1. The largest absolute Gasteiger partial charge is 0.468 e. The zero-order valence-electron chi connectivity index (χ0n) is 12.0. The number of ether oxygens (including phenoxy) is 1. The molecule has 1 amide bonds. The SMILES string of the molecule is CCOCC(=O)N1CCC(CSCc2ccco2)CC1. The van der Waals surface area contributed by atoms with E-state index in [1.54, 1.807) is 6.26 Å². The molecular weight excluding hydrogens is 274 g/mol. The summed E-state index contributed by atoms with van der Waals surface area (Å²) >= 11 is 1.92. The number of carbonyl (C=O) groups is 1. The summed E-state index contributed by atoms with van der Waals surface area (Å²) in [5, 5.41) is 0. The molecule has 0 aliphatic carbocycles. The molecule has 0 aromatic carbocycles. The third-order valence-corrected chi connectivity index (χ3v) is 4.77. The molecule has 0 spiro atoms. The van der Waals surface area contributed by atoms with Crippen LogP contribution in [0.4, 0.5) is 0 Å². The first kappa shape index (κ1) is 15.4. The van der Waals surface area contributed by atoms with Gasteiger partial charge in [-0.3, -0.25) is 4.79 Å². The molecule has 0 unspecified atom stereocenters. The predicted molar refractivity (Wildman–Crippen MR) is 80.7 cm³/mol. The van der Waals surface area contributed by atoms with E-state index in [4.69, 9.17) is 9.15 Å². The van der Waals surface area contributed by atoms with E-state index < -0.39 is 0 Å². The van der Waals surface area contributed by atoms with E-state index in [9.17, 15) is 4.79 Å². The molecule has 5 heteroatoms. The third kappa shape index (κ3) is 4.87. The number of carbonyl (C=O) groups excluding carboxylic acids is 1. The lowest BCUT2D eigenvalue weighted by Crippen LogP contribution is -2.40. The Balaban J connectivity index is 1.60. The number of furan rings is 1. The van der Waals surface area contributed by atoms with Gasteiger partial charge in [0.2, 0.25) is 5.91 Å². The molecule has 0 radical (unpaired) electrons. The molecule has 0 saturated carbocycles. The van der Waals surface area contributed by atoms with E-state index in [2.05, 4.69) is 0 Å². The van der Waals surface area contributed by atoms with Crippen LogP contribution in [0.3, 0.4) is 0 Å². The van der Waals surface area contributed by atoms with E-state index in [0.29, 0.717) is 12.5 Å². The van der Waals surface area contributed by atoms with Crippen molar-refractivity contribution in [1.29, 1.82) is 0 Å². The Bertz CT molecular complexity index is 386. The van der Waals surface area contributed by atoms with Crippen molar-refractivity contribution >= 4 is 17.7 Å². The highest BCUT2D eigenvalue weighted by Crippen LogP contribution is 2.23. The summed E-state index contributed by atoms with van der Waals surface area (Å²) in [6.45, 7) is 4.49. The van der Waals surface area contributed by atoms with Gasteiger partial charge >= 0.3 is 0 Å². The van der Waals surface area contributed by atoms with Crippen LogP contribution in [0.25, 0.3) is 0 Å².